The number of nitrogens with zero attached hydrogens (tertiary/aromatic N) is 2. The van der Waals surface area contributed by atoms with Crippen LogP contribution in [0.25, 0.3) is 0 Å². The van der Waals surface area contributed by atoms with Crippen molar-refractivity contribution < 1.29 is 22.4 Å². The van der Waals surface area contributed by atoms with Crippen LogP contribution in [0, 0.1) is 11.6 Å². The summed E-state index contributed by atoms with van der Waals surface area (Å²) in [6.45, 7) is 0.264. The van der Waals surface area contributed by atoms with E-state index >= 15 is 0 Å². The maximum atomic E-state index is 13.5. The minimum Gasteiger partial charge on any atom is -0.308 e. The number of carbonyl (C=O) groups is 1. The van der Waals surface area contributed by atoms with E-state index in [1.54, 1.807) is 0 Å². The zero-order chi connectivity index (χ0) is 20.6. The molecule has 0 bridgehead atoms. The number of aromatic nitrogens is 2. The molecule has 0 radical (unpaired) electrons. The van der Waals surface area contributed by atoms with Crippen molar-refractivity contribution in [1.82, 2.24) is 9.78 Å². The monoisotopic (exact) mass is 404 g/mol. The van der Waals surface area contributed by atoms with E-state index in [0.29, 0.717) is 0 Å². The Hall–Kier alpha value is -3.36. The van der Waals surface area contributed by atoms with Gasteiger partial charge in [0.15, 0.2) is 11.6 Å². The summed E-state index contributed by atoms with van der Waals surface area (Å²) < 4.78 is 54.6. The van der Waals surface area contributed by atoms with Crippen LogP contribution in [0.1, 0.15) is 23.6 Å². The zero-order valence-electron chi connectivity index (χ0n) is 15.0. The zero-order valence-corrected chi connectivity index (χ0v) is 15.0. The summed E-state index contributed by atoms with van der Waals surface area (Å²) >= 11 is 0. The van der Waals surface area contributed by atoms with Gasteiger partial charge in [0.1, 0.15) is 5.82 Å². The third kappa shape index (κ3) is 4.23. The van der Waals surface area contributed by atoms with E-state index in [1.165, 1.54) is 16.8 Å². The first-order valence-corrected chi connectivity index (χ1v) is 8.84. The average Bonchev–Trinajstić information content (AvgIpc) is 3.14. The van der Waals surface area contributed by atoms with Gasteiger partial charge in [0.2, 0.25) is 0 Å². The van der Waals surface area contributed by atoms with Gasteiger partial charge < -0.3 is 5.32 Å². The maximum Gasteiger partial charge on any atom is 0.324 e. The lowest BCUT2D eigenvalue weighted by Gasteiger charge is -2.10. The number of urea groups is 1. The molecule has 2 N–H and O–H groups in total. The topological polar surface area (TPSA) is 59.0 Å². The average molecular weight is 404 g/mol. The maximum absolute atomic E-state index is 13.5. The normalized spacial score (nSPS) is 17.0. The number of amides is 2. The Bertz CT molecular complexity index is 1050. The summed E-state index contributed by atoms with van der Waals surface area (Å²) in [7, 11) is 0. The number of rotatable bonds is 5. The molecule has 1 saturated carbocycles. The van der Waals surface area contributed by atoms with Crippen molar-refractivity contribution >= 4 is 17.5 Å². The minimum atomic E-state index is -2.79. The molecular formula is C20H16F4N4O. The Morgan fingerprint density at radius 3 is 2.45 bits per heavy atom. The Balaban J connectivity index is 1.54. The number of halogens is 4. The van der Waals surface area contributed by atoms with E-state index in [4.69, 9.17) is 0 Å². The van der Waals surface area contributed by atoms with Crippen molar-refractivity contribution in [2.75, 3.05) is 10.6 Å². The van der Waals surface area contributed by atoms with E-state index < -0.39 is 29.5 Å². The molecule has 1 aromatic heterocycles. The molecule has 2 amide bonds. The van der Waals surface area contributed by atoms with Gasteiger partial charge in [-0.25, -0.2) is 27.0 Å². The molecule has 0 saturated heterocycles. The fraction of sp³-hybridized carbons (Fsp3) is 0.200. The number of benzene rings is 2. The second kappa shape index (κ2) is 7.23. The molecule has 4 rings (SSSR count). The van der Waals surface area contributed by atoms with Gasteiger partial charge in [0.25, 0.3) is 5.92 Å². The van der Waals surface area contributed by atoms with Gasteiger partial charge in [-0.3, -0.25) is 5.32 Å². The van der Waals surface area contributed by atoms with Crippen LogP contribution in [-0.2, 0) is 6.54 Å². The van der Waals surface area contributed by atoms with Crippen LogP contribution in [-0.4, -0.2) is 21.7 Å². The lowest BCUT2D eigenvalue weighted by atomic mass is 10.2. The molecule has 29 heavy (non-hydrogen) atoms. The predicted octanol–water partition coefficient (Wildman–Crippen LogP) is 4.98. The lowest BCUT2D eigenvalue weighted by molar-refractivity contribution is 0.111. The molecule has 9 heteroatoms. The Morgan fingerprint density at radius 1 is 1.07 bits per heavy atom. The molecule has 1 aliphatic carbocycles. The Kier molecular flexibility index (Phi) is 4.73. The van der Waals surface area contributed by atoms with E-state index in [2.05, 4.69) is 15.7 Å². The number of anilines is 2. The smallest absolute Gasteiger partial charge is 0.308 e. The third-order valence-corrected chi connectivity index (χ3v) is 4.58. The van der Waals surface area contributed by atoms with Crippen LogP contribution in [0.5, 0.6) is 0 Å². The van der Waals surface area contributed by atoms with Crippen molar-refractivity contribution in [3.05, 3.63) is 77.5 Å². The molecule has 1 heterocycles. The van der Waals surface area contributed by atoms with Crippen LogP contribution >= 0.6 is 0 Å². The van der Waals surface area contributed by atoms with Gasteiger partial charge in [0, 0.05) is 24.2 Å². The standard InChI is InChI=1S/C20H16F4N4O/c21-15-7-6-13(8-16(15)22)25-19(29)26-18-9-17(14-10-20(14,23)24)27-28(18)11-12-4-2-1-3-5-12/h1-9,14H,10-11H2,(H2,25,26,29). The molecule has 1 atom stereocenters. The highest BCUT2D eigenvalue weighted by molar-refractivity contribution is 5.99. The van der Waals surface area contributed by atoms with Gasteiger partial charge in [-0.2, -0.15) is 5.10 Å². The number of carbonyl (C=O) groups excluding carboxylic acids is 1. The molecular weight excluding hydrogens is 388 g/mol. The van der Waals surface area contributed by atoms with E-state index in [-0.39, 0.29) is 30.2 Å². The fourth-order valence-corrected chi connectivity index (χ4v) is 2.97. The number of alkyl halides is 2. The Labute approximate surface area is 163 Å². The second-order valence-electron chi connectivity index (χ2n) is 6.82. The molecule has 0 spiro atoms. The highest BCUT2D eigenvalue weighted by atomic mass is 19.3. The molecule has 3 aromatic rings. The minimum absolute atomic E-state index is 0.0458. The number of hydrogen-bond donors (Lipinski definition) is 2. The van der Waals surface area contributed by atoms with Gasteiger partial charge in [0.05, 0.1) is 18.2 Å². The van der Waals surface area contributed by atoms with Crippen LogP contribution in [0.3, 0.4) is 0 Å². The van der Waals surface area contributed by atoms with Crippen LogP contribution in [0.4, 0.5) is 33.9 Å². The summed E-state index contributed by atoms with van der Waals surface area (Å²) in [5.41, 5.74) is 1.10. The summed E-state index contributed by atoms with van der Waals surface area (Å²) in [5.74, 6) is -5.69. The molecule has 2 aromatic carbocycles. The van der Waals surface area contributed by atoms with E-state index in [1.807, 2.05) is 30.3 Å². The van der Waals surface area contributed by atoms with Crippen LogP contribution in [0.15, 0.2) is 54.6 Å². The van der Waals surface area contributed by atoms with Crippen LogP contribution in [0.2, 0.25) is 0 Å². The largest absolute Gasteiger partial charge is 0.324 e. The Morgan fingerprint density at radius 2 is 1.79 bits per heavy atom. The van der Waals surface area contributed by atoms with E-state index in [9.17, 15) is 22.4 Å². The summed E-state index contributed by atoms with van der Waals surface area (Å²) in [6.07, 6.45) is -0.282. The quantitative estimate of drug-likeness (QED) is 0.590. The highest BCUT2D eigenvalue weighted by Gasteiger charge is 2.59. The summed E-state index contributed by atoms with van der Waals surface area (Å²) in [6, 6.07) is 12.8. The van der Waals surface area contributed by atoms with Gasteiger partial charge in [-0.15, -0.1) is 0 Å². The van der Waals surface area contributed by atoms with Crippen molar-refractivity contribution in [3.8, 4) is 0 Å². The third-order valence-electron chi connectivity index (χ3n) is 4.58. The van der Waals surface area contributed by atoms with Crippen molar-refractivity contribution in [1.29, 1.82) is 0 Å². The molecule has 1 aliphatic rings. The summed E-state index contributed by atoms with van der Waals surface area (Å²) in [5, 5.41) is 9.14. The van der Waals surface area contributed by atoms with Crippen LogP contribution < -0.4 is 10.6 Å². The first kappa shape index (κ1) is 19.0. The van der Waals surface area contributed by atoms with Crippen molar-refractivity contribution in [2.45, 2.75) is 24.8 Å². The highest BCUT2D eigenvalue weighted by Crippen LogP contribution is 2.55. The molecule has 1 fully saturated rings. The second-order valence-corrected chi connectivity index (χ2v) is 6.82. The summed E-state index contributed by atoms with van der Waals surface area (Å²) in [4.78, 5) is 12.3. The lowest BCUT2D eigenvalue weighted by Crippen LogP contribution is -2.22. The van der Waals surface area contributed by atoms with Crippen molar-refractivity contribution in [3.63, 3.8) is 0 Å². The van der Waals surface area contributed by atoms with E-state index in [0.717, 1.165) is 17.7 Å². The first-order valence-electron chi connectivity index (χ1n) is 8.84. The predicted molar refractivity (Wildman–Crippen MR) is 99.1 cm³/mol. The SMILES string of the molecule is O=C(Nc1ccc(F)c(F)c1)Nc1cc(C2CC2(F)F)nn1Cc1ccccc1. The fourth-order valence-electron chi connectivity index (χ4n) is 2.97. The van der Waals surface area contributed by atoms with Gasteiger partial charge >= 0.3 is 6.03 Å². The number of nitrogens with one attached hydrogen (secondary N) is 2. The van der Waals surface area contributed by atoms with Crippen molar-refractivity contribution in [2.24, 2.45) is 0 Å². The molecule has 150 valence electrons. The first-order chi connectivity index (χ1) is 13.8. The molecule has 1 unspecified atom stereocenters. The molecule has 5 nitrogen and oxygen atoms in total. The van der Waals surface area contributed by atoms with Gasteiger partial charge in [-0.05, 0) is 17.7 Å². The molecule has 0 aliphatic heterocycles. The van der Waals surface area contributed by atoms with Gasteiger partial charge in [-0.1, -0.05) is 30.3 Å². The number of hydrogen-bond acceptors (Lipinski definition) is 2.